The third-order valence-corrected chi connectivity index (χ3v) is 6.80. The first kappa shape index (κ1) is 31.1. The quantitative estimate of drug-likeness (QED) is 0.109. The highest BCUT2D eigenvalue weighted by Gasteiger charge is 2.43. The molecule has 0 spiro atoms. The fourth-order valence-corrected chi connectivity index (χ4v) is 4.42. The van der Waals surface area contributed by atoms with E-state index in [4.69, 9.17) is 4.74 Å². The van der Waals surface area contributed by atoms with Crippen LogP contribution in [0.4, 0.5) is 0 Å². The van der Waals surface area contributed by atoms with Crippen LogP contribution in [0.5, 0.6) is 0 Å². The summed E-state index contributed by atoms with van der Waals surface area (Å²) in [5.74, 6) is -1.46. The summed E-state index contributed by atoms with van der Waals surface area (Å²) in [6.45, 7) is 4.58. The largest absolute Gasteiger partial charge is 0.481 e. The van der Waals surface area contributed by atoms with E-state index < -0.39 is 17.6 Å². The van der Waals surface area contributed by atoms with Crippen LogP contribution in [0.1, 0.15) is 96.5 Å². The number of aliphatic carboxylic acids is 1. The maximum Gasteiger partial charge on any atom is 0.310 e. The van der Waals surface area contributed by atoms with Crippen molar-refractivity contribution >= 4 is 5.97 Å². The molecule has 0 aliphatic rings. The number of carbonyl (C=O) groups is 1. The molecule has 2 atom stereocenters. The minimum atomic E-state index is -0.857. The van der Waals surface area contributed by atoms with Gasteiger partial charge in [-0.2, -0.15) is 0 Å². The third-order valence-electron chi connectivity index (χ3n) is 6.80. The lowest BCUT2D eigenvalue weighted by Crippen LogP contribution is -2.56. The normalized spacial score (nSPS) is 14.7. The van der Waals surface area contributed by atoms with E-state index in [2.05, 4.69) is 31.2 Å². The molecule has 4 heteroatoms. The van der Waals surface area contributed by atoms with Gasteiger partial charge in [0.1, 0.15) is 5.72 Å². The summed E-state index contributed by atoms with van der Waals surface area (Å²) in [6, 6.07) is 10.0. The molecule has 0 bridgehead atoms. The second-order valence-electron chi connectivity index (χ2n) is 9.89. The van der Waals surface area contributed by atoms with Gasteiger partial charge in [-0.05, 0) is 65.1 Å². The topological polar surface area (TPSA) is 49.8 Å². The van der Waals surface area contributed by atoms with E-state index in [9.17, 15) is 9.90 Å². The molecule has 4 nitrogen and oxygen atoms in total. The Bertz CT molecular complexity index is 713. The van der Waals surface area contributed by atoms with Gasteiger partial charge in [-0.3, -0.25) is 9.69 Å². The van der Waals surface area contributed by atoms with Crippen molar-refractivity contribution in [3.8, 4) is 0 Å². The molecule has 0 saturated heterocycles. The van der Waals surface area contributed by atoms with Crippen LogP contribution in [0.3, 0.4) is 0 Å². The molecule has 1 aromatic carbocycles. The monoisotopic (exact) mass is 485 g/mol. The Morgan fingerprint density at radius 1 is 0.914 bits per heavy atom. The van der Waals surface area contributed by atoms with Gasteiger partial charge in [-0.25, -0.2) is 0 Å². The Hall–Kier alpha value is -1.91. The lowest BCUT2D eigenvalue weighted by atomic mass is 9.89. The Morgan fingerprint density at radius 2 is 1.49 bits per heavy atom. The summed E-state index contributed by atoms with van der Waals surface area (Å²) in [5.41, 5.74) is 0.232. The highest BCUT2D eigenvalue weighted by molar-refractivity contribution is 5.71. The molecule has 0 aliphatic carbocycles. The molecular formula is C31H51NO3. The summed E-state index contributed by atoms with van der Waals surface area (Å²) in [7, 11) is 3.83. The van der Waals surface area contributed by atoms with Crippen LogP contribution in [0.2, 0.25) is 0 Å². The van der Waals surface area contributed by atoms with Crippen molar-refractivity contribution in [2.45, 2.75) is 103 Å². The maximum absolute atomic E-state index is 11.9. The van der Waals surface area contributed by atoms with Crippen molar-refractivity contribution in [3.63, 3.8) is 0 Å². The summed E-state index contributed by atoms with van der Waals surface area (Å²) < 4.78 is 6.37. The molecule has 2 unspecified atom stereocenters. The van der Waals surface area contributed by atoms with Gasteiger partial charge in [0.25, 0.3) is 0 Å². The van der Waals surface area contributed by atoms with Crippen molar-refractivity contribution in [3.05, 3.63) is 60.2 Å². The molecule has 1 N–H and O–H groups in total. The van der Waals surface area contributed by atoms with Gasteiger partial charge in [0.15, 0.2) is 0 Å². The molecule has 0 aliphatic heterocycles. The smallest absolute Gasteiger partial charge is 0.310 e. The predicted octanol–water partition coefficient (Wildman–Crippen LogP) is 8.04. The molecule has 0 heterocycles. The third kappa shape index (κ3) is 13.1. The summed E-state index contributed by atoms with van der Waals surface area (Å²) >= 11 is 0. The van der Waals surface area contributed by atoms with Crippen LogP contribution < -0.4 is 0 Å². The van der Waals surface area contributed by atoms with E-state index in [0.29, 0.717) is 13.0 Å². The number of hydrogen-bond acceptors (Lipinski definition) is 3. The Morgan fingerprint density at radius 3 is 2.06 bits per heavy atom. The molecule has 1 rings (SSSR count). The van der Waals surface area contributed by atoms with Gasteiger partial charge in [0, 0.05) is 13.0 Å². The van der Waals surface area contributed by atoms with E-state index in [1.54, 1.807) is 6.92 Å². The fourth-order valence-electron chi connectivity index (χ4n) is 4.42. The van der Waals surface area contributed by atoms with Crippen molar-refractivity contribution in [1.82, 2.24) is 4.90 Å². The van der Waals surface area contributed by atoms with E-state index >= 15 is 0 Å². The number of hydrogen-bond donors (Lipinski definition) is 1. The zero-order valence-electron chi connectivity index (χ0n) is 22.9. The van der Waals surface area contributed by atoms with E-state index in [1.165, 1.54) is 57.8 Å². The Balaban J connectivity index is 2.27. The Labute approximate surface area is 215 Å². The lowest BCUT2D eigenvalue weighted by Gasteiger charge is -2.43. The number of benzene rings is 1. The summed E-state index contributed by atoms with van der Waals surface area (Å²) in [6.07, 6.45) is 24.2. The first-order valence-electron chi connectivity index (χ1n) is 13.8. The van der Waals surface area contributed by atoms with Gasteiger partial charge in [0.05, 0.1) is 5.92 Å². The predicted molar refractivity (Wildman–Crippen MR) is 149 cm³/mol. The zero-order valence-corrected chi connectivity index (χ0v) is 22.9. The average molecular weight is 486 g/mol. The number of carboxylic acids is 1. The molecule has 0 fully saturated rings. The van der Waals surface area contributed by atoms with Gasteiger partial charge in [-0.1, -0.05) is 100 Å². The molecule has 0 aromatic heterocycles. The SMILES string of the molecule is CCCCC/C=C\C/C=C\CCCCCCCCOC(Cc1ccccc1)(C(C)C(=O)O)N(C)C. The van der Waals surface area contributed by atoms with E-state index in [0.717, 1.165) is 24.8 Å². The summed E-state index contributed by atoms with van der Waals surface area (Å²) in [5, 5.41) is 9.77. The van der Waals surface area contributed by atoms with Crippen molar-refractivity contribution < 1.29 is 14.6 Å². The maximum atomic E-state index is 11.9. The summed E-state index contributed by atoms with van der Waals surface area (Å²) in [4.78, 5) is 13.8. The van der Waals surface area contributed by atoms with Crippen molar-refractivity contribution in [2.75, 3.05) is 20.7 Å². The highest BCUT2D eigenvalue weighted by atomic mass is 16.5. The molecule has 1 aromatic rings. The van der Waals surface area contributed by atoms with Gasteiger partial charge >= 0.3 is 5.97 Å². The number of carboxylic acid groups (broad SMARTS) is 1. The van der Waals surface area contributed by atoms with Crippen LogP contribution in [-0.4, -0.2) is 42.4 Å². The molecule has 0 amide bonds. The van der Waals surface area contributed by atoms with E-state index in [-0.39, 0.29) is 0 Å². The number of allylic oxidation sites excluding steroid dienone is 4. The van der Waals surface area contributed by atoms with Crippen LogP contribution in [0, 0.1) is 5.92 Å². The van der Waals surface area contributed by atoms with Crippen LogP contribution in [0.15, 0.2) is 54.6 Å². The standard InChI is InChI=1S/C31H51NO3/c1-5-6-7-8-9-10-11-12-13-14-15-16-17-18-19-23-26-35-31(32(3)4,28(2)30(33)34)27-29-24-21-20-22-25-29/h9-10,12-13,20-22,24-25,28H,5-8,11,14-19,23,26-27H2,1-4H3,(H,33,34)/b10-9-,13-12-. The van der Waals surface area contributed by atoms with Crippen LogP contribution in [-0.2, 0) is 16.0 Å². The lowest BCUT2D eigenvalue weighted by molar-refractivity contribution is -0.189. The molecular weight excluding hydrogens is 434 g/mol. The minimum absolute atomic E-state index is 0.552. The van der Waals surface area contributed by atoms with E-state index in [1.807, 2.05) is 49.3 Å². The zero-order chi connectivity index (χ0) is 25.8. The number of rotatable bonds is 21. The number of ether oxygens (including phenoxy) is 1. The van der Waals surface area contributed by atoms with Gasteiger partial charge in [-0.15, -0.1) is 0 Å². The molecule has 198 valence electrons. The van der Waals surface area contributed by atoms with Gasteiger partial charge < -0.3 is 9.84 Å². The Kier molecular flexibility index (Phi) is 17.2. The average Bonchev–Trinajstić information content (AvgIpc) is 2.85. The first-order valence-corrected chi connectivity index (χ1v) is 13.8. The number of likely N-dealkylation sites (N-methyl/N-ethyl adjacent to an activating group) is 1. The van der Waals surface area contributed by atoms with Crippen LogP contribution >= 0.6 is 0 Å². The molecule has 0 saturated carbocycles. The number of nitrogens with zero attached hydrogens (tertiary/aromatic N) is 1. The first-order chi connectivity index (χ1) is 16.9. The second kappa shape index (κ2) is 19.3. The fraction of sp³-hybridized carbons (Fsp3) is 0.645. The molecule has 0 radical (unpaired) electrons. The second-order valence-corrected chi connectivity index (χ2v) is 9.89. The number of unbranched alkanes of at least 4 members (excludes halogenated alkanes) is 9. The van der Waals surface area contributed by atoms with Crippen molar-refractivity contribution in [2.24, 2.45) is 5.92 Å². The van der Waals surface area contributed by atoms with Crippen molar-refractivity contribution in [1.29, 1.82) is 0 Å². The molecule has 35 heavy (non-hydrogen) atoms. The van der Waals surface area contributed by atoms with Gasteiger partial charge in [0.2, 0.25) is 0 Å². The minimum Gasteiger partial charge on any atom is -0.481 e. The highest BCUT2D eigenvalue weighted by Crippen LogP contribution is 2.30. The van der Waals surface area contributed by atoms with Crippen LogP contribution in [0.25, 0.3) is 0 Å².